The van der Waals surface area contributed by atoms with E-state index in [0.29, 0.717) is 13.1 Å². The Labute approximate surface area is 172 Å². The normalized spacial score (nSPS) is 18.8. The lowest BCUT2D eigenvalue weighted by atomic mass is 9.96. The molecule has 1 saturated heterocycles. The maximum absolute atomic E-state index is 13.0. The average molecular weight is 394 g/mol. The molecule has 2 heterocycles. The Kier molecular flexibility index (Phi) is 5.84. The lowest BCUT2D eigenvalue weighted by molar-refractivity contribution is -0.133. The summed E-state index contributed by atoms with van der Waals surface area (Å²) >= 11 is 0. The largest absolute Gasteiger partial charge is 0.342 e. The van der Waals surface area contributed by atoms with Crippen LogP contribution in [0.4, 0.5) is 0 Å². The molecule has 1 fully saturated rings. The Bertz CT molecular complexity index is 924. The molecule has 0 spiro atoms. The number of hydrogen-bond donors (Lipinski definition) is 0. The maximum Gasteiger partial charge on any atom is 0.267 e. The molecule has 1 aliphatic carbocycles. The van der Waals surface area contributed by atoms with Crippen molar-refractivity contribution in [2.45, 2.75) is 70.8 Å². The van der Waals surface area contributed by atoms with Crippen LogP contribution in [-0.4, -0.2) is 33.7 Å². The molecular formula is C24H31N3O2. The molecule has 1 aromatic heterocycles. The SMILES string of the molecule is Cc1ccc([C@@H](C)C(=O)N2CCC(n3nc4c(cc3=O)CCCCC4)CC2)cc1. The summed E-state index contributed by atoms with van der Waals surface area (Å²) in [7, 11) is 0. The number of aryl methyl sites for hydroxylation is 3. The van der Waals surface area contributed by atoms with Gasteiger partial charge in [0.2, 0.25) is 5.91 Å². The standard InChI is InChI=1S/C24H31N3O2/c1-17-8-10-19(11-9-17)18(2)24(29)26-14-12-21(13-15-26)27-23(28)16-20-6-4-3-5-7-22(20)25-27/h8-11,16,18,21H,3-7,12-15H2,1-2H3/t18-/m1/s1. The number of rotatable bonds is 3. The van der Waals surface area contributed by atoms with Crippen molar-refractivity contribution in [2.75, 3.05) is 13.1 Å². The zero-order valence-electron chi connectivity index (χ0n) is 17.6. The minimum absolute atomic E-state index is 0.0171. The molecule has 29 heavy (non-hydrogen) atoms. The summed E-state index contributed by atoms with van der Waals surface area (Å²) < 4.78 is 1.70. The van der Waals surface area contributed by atoms with Crippen LogP contribution in [-0.2, 0) is 17.6 Å². The quantitative estimate of drug-likeness (QED) is 0.746. The number of hydrogen-bond acceptors (Lipinski definition) is 3. The van der Waals surface area contributed by atoms with Gasteiger partial charge >= 0.3 is 0 Å². The summed E-state index contributed by atoms with van der Waals surface area (Å²) in [5.41, 5.74) is 4.53. The van der Waals surface area contributed by atoms with Gasteiger partial charge in [0.15, 0.2) is 0 Å². The van der Waals surface area contributed by atoms with Crippen LogP contribution in [0.3, 0.4) is 0 Å². The molecule has 5 nitrogen and oxygen atoms in total. The Morgan fingerprint density at radius 2 is 1.76 bits per heavy atom. The van der Waals surface area contributed by atoms with E-state index < -0.39 is 0 Å². The predicted octanol–water partition coefficient (Wildman–Crippen LogP) is 3.79. The first-order chi connectivity index (χ1) is 14.0. The van der Waals surface area contributed by atoms with Crippen molar-refractivity contribution < 1.29 is 4.79 Å². The molecule has 0 bridgehead atoms. The molecule has 0 N–H and O–H groups in total. The molecule has 0 radical (unpaired) electrons. The summed E-state index contributed by atoms with van der Waals surface area (Å²) in [4.78, 5) is 27.6. The number of amides is 1. The third-order valence-electron chi connectivity index (χ3n) is 6.55. The van der Waals surface area contributed by atoms with Crippen LogP contribution in [0.5, 0.6) is 0 Å². The van der Waals surface area contributed by atoms with Crippen LogP contribution < -0.4 is 5.56 Å². The highest BCUT2D eigenvalue weighted by Crippen LogP contribution is 2.26. The fourth-order valence-corrected chi connectivity index (χ4v) is 4.62. The number of benzene rings is 1. The van der Waals surface area contributed by atoms with Gasteiger partial charge in [0.1, 0.15) is 0 Å². The van der Waals surface area contributed by atoms with Crippen molar-refractivity contribution in [1.29, 1.82) is 0 Å². The second-order valence-corrected chi connectivity index (χ2v) is 8.65. The van der Waals surface area contributed by atoms with E-state index in [2.05, 4.69) is 19.1 Å². The fraction of sp³-hybridized carbons (Fsp3) is 0.542. The maximum atomic E-state index is 13.0. The van der Waals surface area contributed by atoms with Crippen LogP contribution in [0.25, 0.3) is 0 Å². The average Bonchev–Trinajstić information content (AvgIpc) is 2.97. The van der Waals surface area contributed by atoms with E-state index in [1.807, 2.05) is 30.0 Å². The minimum Gasteiger partial charge on any atom is -0.342 e. The summed E-state index contributed by atoms with van der Waals surface area (Å²) in [6.45, 7) is 5.41. The molecule has 0 unspecified atom stereocenters. The number of aromatic nitrogens is 2. The summed E-state index contributed by atoms with van der Waals surface area (Å²) in [5.74, 6) is 0.0371. The van der Waals surface area contributed by atoms with Gasteiger partial charge in [0, 0.05) is 19.2 Å². The monoisotopic (exact) mass is 393 g/mol. The van der Waals surface area contributed by atoms with Crippen LogP contribution in [0.1, 0.15) is 73.4 Å². The van der Waals surface area contributed by atoms with Gasteiger partial charge in [-0.05, 0) is 63.5 Å². The summed E-state index contributed by atoms with van der Waals surface area (Å²) in [6.07, 6.45) is 7.05. The third kappa shape index (κ3) is 4.29. The predicted molar refractivity (Wildman–Crippen MR) is 114 cm³/mol. The Hall–Kier alpha value is -2.43. The van der Waals surface area contributed by atoms with E-state index in [9.17, 15) is 9.59 Å². The van der Waals surface area contributed by atoms with Gasteiger partial charge in [-0.15, -0.1) is 0 Å². The van der Waals surface area contributed by atoms with Crippen molar-refractivity contribution in [2.24, 2.45) is 0 Å². The van der Waals surface area contributed by atoms with E-state index >= 15 is 0 Å². The van der Waals surface area contributed by atoms with E-state index in [1.54, 1.807) is 4.68 Å². The van der Waals surface area contributed by atoms with Crippen molar-refractivity contribution >= 4 is 5.91 Å². The number of piperidine rings is 1. The second kappa shape index (κ2) is 8.52. The van der Waals surface area contributed by atoms with Gasteiger partial charge in [-0.1, -0.05) is 36.2 Å². The lowest BCUT2D eigenvalue weighted by Gasteiger charge is -2.34. The van der Waals surface area contributed by atoms with Crippen molar-refractivity contribution in [3.05, 3.63) is 63.1 Å². The van der Waals surface area contributed by atoms with Crippen molar-refractivity contribution in [1.82, 2.24) is 14.7 Å². The molecule has 154 valence electrons. The van der Waals surface area contributed by atoms with Gasteiger partial charge < -0.3 is 4.90 Å². The van der Waals surface area contributed by atoms with Gasteiger partial charge in [0.25, 0.3) is 5.56 Å². The van der Waals surface area contributed by atoms with Crippen LogP contribution >= 0.6 is 0 Å². The summed E-state index contributed by atoms with van der Waals surface area (Å²) in [5, 5.41) is 4.76. The van der Waals surface area contributed by atoms with Gasteiger partial charge in [-0.3, -0.25) is 9.59 Å². The van der Waals surface area contributed by atoms with Gasteiger partial charge in [-0.2, -0.15) is 5.10 Å². The second-order valence-electron chi connectivity index (χ2n) is 8.65. The number of carbonyl (C=O) groups excluding carboxylic acids is 1. The molecule has 1 atom stereocenters. The zero-order chi connectivity index (χ0) is 20.4. The molecule has 1 aromatic carbocycles. The smallest absolute Gasteiger partial charge is 0.267 e. The van der Waals surface area contributed by atoms with E-state index in [0.717, 1.165) is 55.3 Å². The number of nitrogens with zero attached hydrogens (tertiary/aromatic N) is 3. The molecule has 4 rings (SSSR count). The van der Waals surface area contributed by atoms with E-state index in [4.69, 9.17) is 5.10 Å². The van der Waals surface area contributed by atoms with Gasteiger partial charge in [-0.25, -0.2) is 4.68 Å². The fourth-order valence-electron chi connectivity index (χ4n) is 4.62. The molecule has 0 saturated carbocycles. The first-order valence-electron chi connectivity index (χ1n) is 11.0. The number of fused-ring (bicyclic) bond motifs is 1. The minimum atomic E-state index is -0.138. The molecule has 2 aromatic rings. The molecular weight excluding hydrogens is 362 g/mol. The lowest BCUT2D eigenvalue weighted by Crippen LogP contribution is -2.43. The molecule has 2 aliphatic rings. The first kappa shape index (κ1) is 19.9. The van der Waals surface area contributed by atoms with Crippen molar-refractivity contribution in [3.63, 3.8) is 0 Å². The Morgan fingerprint density at radius 1 is 1.07 bits per heavy atom. The van der Waals surface area contributed by atoms with Crippen molar-refractivity contribution in [3.8, 4) is 0 Å². The topological polar surface area (TPSA) is 55.2 Å². The van der Waals surface area contributed by atoms with E-state index in [1.165, 1.54) is 12.0 Å². The van der Waals surface area contributed by atoms with E-state index in [-0.39, 0.29) is 23.4 Å². The highest BCUT2D eigenvalue weighted by molar-refractivity contribution is 5.83. The Morgan fingerprint density at radius 3 is 2.48 bits per heavy atom. The van der Waals surface area contributed by atoms with Crippen LogP contribution in [0.2, 0.25) is 0 Å². The highest BCUT2D eigenvalue weighted by atomic mass is 16.2. The third-order valence-corrected chi connectivity index (χ3v) is 6.55. The summed E-state index contributed by atoms with van der Waals surface area (Å²) in [6, 6.07) is 10.1. The highest BCUT2D eigenvalue weighted by Gasteiger charge is 2.28. The number of carbonyl (C=O) groups is 1. The zero-order valence-corrected chi connectivity index (χ0v) is 17.6. The van der Waals surface area contributed by atoms with Crippen LogP contribution in [0, 0.1) is 6.92 Å². The van der Waals surface area contributed by atoms with Crippen LogP contribution in [0.15, 0.2) is 35.1 Å². The molecule has 1 amide bonds. The first-order valence-corrected chi connectivity index (χ1v) is 11.0. The molecule has 5 heteroatoms. The Balaban J connectivity index is 1.43. The van der Waals surface area contributed by atoms with Gasteiger partial charge in [0.05, 0.1) is 17.7 Å². The number of likely N-dealkylation sites (tertiary alicyclic amines) is 1. The molecule has 1 aliphatic heterocycles.